The Balaban J connectivity index is 1.31. The molecule has 0 saturated heterocycles. The molecule has 1 N–H and O–H groups in total. The van der Waals surface area contributed by atoms with Gasteiger partial charge in [-0.15, -0.1) is 0 Å². The number of benzene rings is 8. The second kappa shape index (κ2) is 17.4. The zero-order valence-electron chi connectivity index (χ0n) is 42.8. The molecule has 0 aliphatic rings. The van der Waals surface area contributed by atoms with Crippen LogP contribution in [0.15, 0.2) is 158 Å². The van der Waals surface area contributed by atoms with Crippen molar-refractivity contribution >= 4 is 21.8 Å². The number of fused-ring (bicyclic) bond motifs is 2. The molecule has 348 valence electrons. The summed E-state index contributed by atoms with van der Waals surface area (Å²) in [6.45, 7) is 26.4. The zero-order valence-corrected chi connectivity index (χ0v) is 42.8. The maximum atomic E-state index is 12.8. The zero-order chi connectivity index (χ0) is 49.4. The number of aromatic hydroxyl groups is 1. The molecule has 0 radical (unpaired) electrons. The number of hydrogen-bond acceptors (Lipinski definition) is 3. The van der Waals surface area contributed by atoms with E-state index in [1.54, 1.807) is 0 Å². The van der Waals surface area contributed by atoms with Gasteiger partial charge in [0.1, 0.15) is 11.6 Å². The summed E-state index contributed by atoms with van der Waals surface area (Å²) in [6.07, 6.45) is 2.02. The topological polar surface area (TPSA) is 50.9 Å². The number of para-hydroxylation sites is 1. The van der Waals surface area contributed by atoms with Crippen LogP contribution in [0.3, 0.4) is 0 Å². The van der Waals surface area contributed by atoms with Crippen LogP contribution in [0.2, 0.25) is 0 Å². The monoisotopic (exact) mass is 913 g/mol. The summed E-state index contributed by atoms with van der Waals surface area (Å²) in [7, 11) is 0. The summed E-state index contributed by atoms with van der Waals surface area (Å²) < 4.78 is 2.33. The van der Waals surface area contributed by atoms with E-state index < -0.39 is 0 Å². The first-order valence-corrected chi connectivity index (χ1v) is 24.6. The first kappa shape index (κ1) is 46.2. The van der Waals surface area contributed by atoms with Gasteiger partial charge in [0.15, 0.2) is 0 Å². The number of aryl methyl sites for hydroxylation is 6. The molecule has 0 unspecified atom stereocenters. The quantitative estimate of drug-likeness (QED) is 0.173. The van der Waals surface area contributed by atoms with Gasteiger partial charge in [0, 0.05) is 39.4 Å². The van der Waals surface area contributed by atoms with Crippen LogP contribution in [0, 0.1) is 41.5 Å². The van der Waals surface area contributed by atoms with E-state index in [0.717, 1.165) is 83.3 Å². The maximum absolute atomic E-state index is 12.8. The Morgan fingerprint density at radius 2 is 1.10 bits per heavy atom. The summed E-state index contributed by atoms with van der Waals surface area (Å²) in [6, 6.07) is 54.9. The summed E-state index contributed by atoms with van der Waals surface area (Å²) in [4.78, 5) is 11.0. The van der Waals surface area contributed by atoms with Crippen LogP contribution in [-0.2, 0) is 10.8 Å². The minimum absolute atomic E-state index is 0.206. The van der Waals surface area contributed by atoms with Crippen molar-refractivity contribution in [3.8, 4) is 78.6 Å². The lowest BCUT2D eigenvalue weighted by molar-refractivity contribution is 0.446. The number of hydrogen-bond donors (Lipinski definition) is 1. The van der Waals surface area contributed by atoms with Gasteiger partial charge in [-0.25, -0.2) is 4.98 Å². The van der Waals surface area contributed by atoms with E-state index in [4.69, 9.17) is 9.97 Å². The third-order valence-electron chi connectivity index (χ3n) is 14.2. The Hall–Kier alpha value is -7.56. The number of pyridine rings is 1. The van der Waals surface area contributed by atoms with Gasteiger partial charge in [-0.3, -0.25) is 9.55 Å². The maximum Gasteiger partial charge on any atom is 0.149 e. The molecule has 4 nitrogen and oxygen atoms in total. The predicted molar refractivity (Wildman–Crippen MR) is 296 cm³/mol. The third kappa shape index (κ3) is 8.19. The van der Waals surface area contributed by atoms with E-state index in [9.17, 15) is 5.11 Å². The van der Waals surface area contributed by atoms with Crippen LogP contribution in [0.4, 0.5) is 0 Å². The first-order chi connectivity index (χ1) is 33.4. The van der Waals surface area contributed by atoms with E-state index in [-0.39, 0.29) is 16.6 Å². The highest BCUT2D eigenvalue weighted by Gasteiger charge is 2.30. The molecule has 2 heterocycles. The van der Waals surface area contributed by atoms with Gasteiger partial charge < -0.3 is 5.11 Å². The van der Waals surface area contributed by atoms with Crippen LogP contribution in [0.1, 0.15) is 86.1 Å². The number of phenols is 1. The molecule has 0 aliphatic carbocycles. The highest BCUT2D eigenvalue weighted by Crippen LogP contribution is 2.48. The predicted octanol–water partition coefficient (Wildman–Crippen LogP) is 17.7. The second-order valence-electron chi connectivity index (χ2n) is 21.7. The molecule has 4 heteroatoms. The smallest absolute Gasteiger partial charge is 0.149 e. The van der Waals surface area contributed by atoms with Crippen LogP contribution >= 0.6 is 0 Å². The van der Waals surface area contributed by atoms with E-state index in [1.165, 1.54) is 44.5 Å². The SMILES string of the molecule is Cc1cc(C)c(-c2ccc(-c3ccc(-c4c(C)cc(C)cc4C)c(-c4cccc5c4nc(-c4cc(C(C)(C)C)cc(C(C)(C)C)c4O)n5-c4c(-c5ccccc5)ccc5ccccc45)c3)nc2)c(C)c1. The van der Waals surface area contributed by atoms with Crippen molar-refractivity contribution in [1.82, 2.24) is 14.5 Å². The number of aromatic nitrogens is 3. The molecule has 0 saturated carbocycles. The van der Waals surface area contributed by atoms with Gasteiger partial charge in [-0.1, -0.05) is 180 Å². The van der Waals surface area contributed by atoms with Crippen molar-refractivity contribution in [2.75, 3.05) is 0 Å². The average molecular weight is 914 g/mol. The van der Waals surface area contributed by atoms with Crippen molar-refractivity contribution in [2.24, 2.45) is 0 Å². The number of phenolic OH excluding ortho intramolecular Hbond substituents is 1. The van der Waals surface area contributed by atoms with E-state index in [1.807, 2.05) is 6.20 Å². The lowest BCUT2D eigenvalue weighted by Crippen LogP contribution is -2.17. The van der Waals surface area contributed by atoms with Crippen LogP contribution in [0.5, 0.6) is 5.75 Å². The van der Waals surface area contributed by atoms with Crippen LogP contribution in [0.25, 0.3) is 94.6 Å². The highest BCUT2D eigenvalue weighted by molar-refractivity contribution is 6.05. The van der Waals surface area contributed by atoms with E-state index in [0.29, 0.717) is 11.4 Å². The molecule has 0 amide bonds. The van der Waals surface area contributed by atoms with Gasteiger partial charge in [-0.05, 0) is 138 Å². The standard InChI is InChI=1S/C66H63N3O/c1-39-31-41(3)59(42(4)32-39)48-27-30-57(67-38-48)47-26-29-52(60-43(5)33-40(2)34-44(60)6)54(35-47)53-23-18-24-58-61(53)68-64(55-36-49(65(7,8)9)37-56(63(55)70)66(10,11)12)69(58)62-50-22-17-16-21-46(50)25-28-51(62)45-19-14-13-15-20-45/h13-38,70H,1-12H3. The number of nitrogens with zero attached hydrogens (tertiary/aromatic N) is 3. The van der Waals surface area contributed by atoms with Crippen molar-refractivity contribution < 1.29 is 5.11 Å². The number of imidazole rings is 1. The Morgan fingerprint density at radius 3 is 1.74 bits per heavy atom. The van der Waals surface area contributed by atoms with Crippen LogP contribution < -0.4 is 0 Å². The Morgan fingerprint density at radius 1 is 0.471 bits per heavy atom. The fourth-order valence-corrected chi connectivity index (χ4v) is 11.0. The minimum atomic E-state index is -0.347. The fourth-order valence-electron chi connectivity index (χ4n) is 11.0. The molecule has 10 aromatic rings. The molecule has 0 bridgehead atoms. The number of rotatable bonds is 7. The molecule has 2 aromatic heterocycles. The Labute approximate surface area is 414 Å². The molecule has 0 spiro atoms. The molecule has 10 rings (SSSR count). The molecule has 8 aromatic carbocycles. The van der Waals surface area contributed by atoms with Crippen LogP contribution in [-0.4, -0.2) is 19.6 Å². The first-order valence-electron chi connectivity index (χ1n) is 24.6. The van der Waals surface area contributed by atoms with Crippen molar-refractivity contribution in [1.29, 1.82) is 0 Å². The van der Waals surface area contributed by atoms with Crippen molar-refractivity contribution in [3.63, 3.8) is 0 Å². The van der Waals surface area contributed by atoms with Crippen molar-refractivity contribution in [2.45, 2.75) is 93.9 Å². The average Bonchev–Trinajstić information content (AvgIpc) is 3.69. The highest BCUT2D eigenvalue weighted by atomic mass is 16.3. The summed E-state index contributed by atoms with van der Waals surface area (Å²) in [5.41, 5.74) is 23.3. The summed E-state index contributed by atoms with van der Waals surface area (Å²) in [5.74, 6) is 0.934. The molecule has 70 heavy (non-hydrogen) atoms. The lowest BCUT2D eigenvalue weighted by Gasteiger charge is -2.28. The summed E-state index contributed by atoms with van der Waals surface area (Å²) in [5, 5.41) is 15.0. The lowest BCUT2D eigenvalue weighted by atomic mass is 9.79. The molecule has 0 fully saturated rings. The third-order valence-corrected chi connectivity index (χ3v) is 14.2. The molecular weight excluding hydrogens is 851 g/mol. The fraction of sp³-hybridized carbons (Fsp3) is 0.212. The molecular formula is C66H63N3O. The van der Waals surface area contributed by atoms with E-state index >= 15 is 0 Å². The van der Waals surface area contributed by atoms with Gasteiger partial charge in [0.2, 0.25) is 0 Å². The van der Waals surface area contributed by atoms with Crippen molar-refractivity contribution in [3.05, 3.63) is 202 Å². The molecule has 0 aliphatic heterocycles. The Kier molecular flexibility index (Phi) is 11.5. The summed E-state index contributed by atoms with van der Waals surface area (Å²) >= 11 is 0. The normalized spacial score (nSPS) is 12.1. The second-order valence-corrected chi connectivity index (χ2v) is 21.7. The van der Waals surface area contributed by atoms with Gasteiger partial charge in [0.25, 0.3) is 0 Å². The van der Waals surface area contributed by atoms with Gasteiger partial charge in [-0.2, -0.15) is 0 Å². The Bertz CT molecular complexity index is 3620. The van der Waals surface area contributed by atoms with Gasteiger partial charge in [0.05, 0.1) is 28.0 Å². The van der Waals surface area contributed by atoms with E-state index in [2.05, 4.69) is 239 Å². The largest absolute Gasteiger partial charge is 0.507 e. The minimum Gasteiger partial charge on any atom is -0.507 e. The molecule has 0 atom stereocenters. The van der Waals surface area contributed by atoms with Gasteiger partial charge >= 0.3 is 0 Å².